The van der Waals surface area contributed by atoms with Crippen LogP contribution in [0.3, 0.4) is 0 Å². The van der Waals surface area contributed by atoms with Crippen molar-refractivity contribution < 1.29 is 54.8 Å². The topological polar surface area (TPSA) is 186 Å². The summed E-state index contributed by atoms with van der Waals surface area (Å²) >= 11 is 0. The van der Waals surface area contributed by atoms with Gasteiger partial charge in [0.15, 0.2) is 5.78 Å². The number of fused-ring (bicyclic) bond motifs is 1. The minimum Gasteiger partial charge on any atom is -0.508 e. The summed E-state index contributed by atoms with van der Waals surface area (Å²) < 4.78 is 16.4. The zero-order valence-corrected chi connectivity index (χ0v) is 16.5. The van der Waals surface area contributed by atoms with Crippen LogP contribution in [0.25, 0.3) is 0 Å². The Bertz CT molecular complexity index is 1010. The number of phenolic OH excluding ortho intramolecular Hbond substituents is 2. The van der Waals surface area contributed by atoms with E-state index in [9.17, 15) is 40.5 Å². The van der Waals surface area contributed by atoms with Crippen LogP contribution in [-0.4, -0.2) is 78.8 Å². The quantitative estimate of drug-likeness (QED) is 0.306. The maximum absolute atomic E-state index is 12.9. The van der Waals surface area contributed by atoms with Crippen molar-refractivity contribution in [2.24, 2.45) is 0 Å². The number of carbonyl (C=O) groups is 1. The third-order valence-electron chi connectivity index (χ3n) is 5.42. The van der Waals surface area contributed by atoms with Gasteiger partial charge in [-0.1, -0.05) is 0 Å². The molecule has 2 aliphatic rings. The maximum atomic E-state index is 12.9. The molecule has 2 heterocycles. The first-order valence-corrected chi connectivity index (χ1v) is 9.71. The number of Topliss-reactive ketones (excluding diaryl/α,β-unsaturated/α-hetero) is 1. The minimum absolute atomic E-state index is 0.0484. The lowest BCUT2D eigenvalue weighted by Crippen LogP contribution is -2.60. The molecule has 2 aromatic carbocycles. The lowest BCUT2D eigenvalue weighted by Gasteiger charge is -2.40. The number of carbonyl (C=O) groups excluding carboxylic acids is 1. The smallest absolute Gasteiger partial charge is 0.242 e. The number of rotatable bonds is 4. The molecule has 2 aromatic rings. The SMILES string of the molecule is O=C1CC(O)(c2ccc(O)cc2)Oc2cc(O)cc(O[C@@H]3O[C@H](CO)[C@@H](O)[C@H](O)[C@H]3O)c21. The first kappa shape index (κ1) is 22.3. The van der Waals surface area contributed by atoms with Gasteiger partial charge in [0, 0.05) is 17.7 Å². The number of benzene rings is 2. The summed E-state index contributed by atoms with van der Waals surface area (Å²) in [5.74, 6) is -3.62. The van der Waals surface area contributed by atoms with E-state index in [2.05, 4.69) is 0 Å². The number of hydrogen-bond acceptors (Lipinski definition) is 11. The van der Waals surface area contributed by atoms with Gasteiger partial charge in [-0.25, -0.2) is 0 Å². The van der Waals surface area contributed by atoms with Gasteiger partial charge in [0.2, 0.25) is 12.1 Å². The predicted molar refractivity (Wildman–Crippen MR) is 104 cm³/mol. The Morgan fingerprint density at radius 3 is 2.34 bits per heavy atom. The van der Waals surface area contributed by atoms with E-state index in [0.717, 1.165) is 12.1 Å². The number of ketones is 1. The average molecular weight is 450 g/mol. The van der Waals surface area contributed by atoms with Crippen LogP contribution >= 0.6 is 0 Å². The van der Waals surface area contributed by atoms with Crippen LogP contribution in [0.15, 0.2) is 36.4 Å². The second-order valence-corrected chi connectivity index (χ2v) is 7.67. The normalized spacial score (nSPS) is 32.2. The largest absolute Gasteiger partial charge is 0.508 e. The Morgan fingerprint density at radius 2 is 1.69 bits per heavy atom. The number of aliphatic hydroxyl groups is 5. The molecule has 172 valence electrons. The lowest BCUT2D eigenvalue weighted by molar-refractivity contribution is -0.277. The van der Waals surface area contributed by atoms with Gasteiger partial charge in [-0.05, 0) is 24.3 Å². The highest BCUT2D eigenvalue weighted by atomic mass is 16.7. The molecule has 0 radical (unpaired) electrons. The summed E-state index contributed by atoms with van der Waals surface area (Å²) in [5, 5.41) is 69.8. The third-order valence-corrected chi connectivity index (χ3v) is 5.42. The Morgan fingerprint density at radius 1 is 1.00 bits per heavy atom. The summed E-state index contributed by atoms with van der Waals surface area (Å²) in [6.07, 6.45) is -8.40. The fourth-order valence-electron chi connectivity index (χ4n) is 3.72. The van der Waals surface area contributed by atoms with Crippen molar-refractivity contribution in [2.75, 3.05) is 6.61 Å². The van der Waals surface area contributed by atoms with Crippen molar-refractivity contribution in [1.82, 2.24) is 0 Å². The van der Waals surface area contributed by atoms with E-state index >= 15 is 0 Å². The van der Waals surface area contributed by atoms with Crippen molar-refractivity contribution in [2.45, 2.75) is 42.9 Å². The van der Waals surface area contributed by atoms with Gasteiger partial charge >= 0.3 is 0 Å². The molecule has 11 nitrogen and oxygen atoms in total. The fourth-order valence-corrected chi connectivity index (χ4v) is 3.72. The van der Waals surface area contributed by atoms with E-state index in [1.807, 2.05) is 0 Å². The van der Waals surface area contributed by atoms with Crippen molar-refractivity contribution >= 4 is 5.78 Å². The molecular weight excluding hydrogens is 428 g/mol. The molecule has 1 unspecified atom stereocenters. The first-order chi connectivity index (χ1) is 15.1. The number of aliphatic hydroxyl groups excluding tert-OH is 4. The summed E-state index contributed by atoms with van der Waals surface area (Å²) in [6, 6.07) is 7.54. The number of ether oxygens (including phenoxy) is 3. The third kappa shape index (κ3) is 3.86. The molecule has 0 saturated carbocycles. The van der Waals surface area contributed by atoms with Crippen LogP contribution in [0, 0.1) is 0 Å². The molecule has 11 heteroatoms. The Labute approximate surface area is 181 Å². The van der Waals surface area contributed by atoms with Crippen molar-refractivity contribution in [3.05, 3.63) is 47.5 Å². The molecule has 4 rings (SSSR count). The second-order valence-electron chi connectivity index (χ2n) is 7.67. The molecule has 1 fully saturated rings. The fraction of sp³-hybridized carbons (Fsp3) is 0.381. The number of aromatic hydroxyl groups is 2. The van der Waals surface area contributed by atoms with Crippen LogP contribution in [0.2, 0.25) is 0 Å². The van der Waals surface area contributed by atoms with Gasteiger partial charge in [0.05, 0.1) is 13.0 Å². The second kappa shape index (κ2) is 8.20. The van der Waals surface area contributed by atoms with Crippen molar-refractivity contribution in [3.63, 3.8) is 0 Å². The standard InChI is InChI=1S/C21H22O11/c22-8-15-17(26)18(27)19(28)20(31-15)30-13-5-11(24)6-14-16(13)12(25)7-21(29,32-14)9-1-3-10(23)4-2-9/h1-6,15,17-20,22-24,26-29H,7-8H2/t15-,17-,18+,19-,20-,21?/m1/s1. The molecule has 0 bridgehead atoms. The van der Waals surface area contributed by atoms with E-state index in [1.165, 1.54) is 24.3 Å². The first-order valence-electron chi connectivity index (χ1n) is 9.71. The molecule has 1 saturated heterocycles. The van der Waals surface area contributed by atoms with Crippen LogP contribution in [-0.2, 0) is 10.5 Å². The molecule has 0 aliphatic carbocycles. The maximum Gasteiger partial charge on any atom is 0.242 e. The molecule has 6 atom stereocenters. The van der Waals surface area contributed by atoms with E-state index in [0.29, 0.717) is 0 Å². The number of phenols is 2. The van der Waals surface area contributed by atoms with Crippen molar-refractivity contribution in [1.29, 1.82) is 0 Å². The summed E-state index contributed by atoms with van der Waals surface area (Å²) in [5.41, 5.74) is 0.0391. The zero-order chi connectivity index (χ0) is 23.2. The van der Waals surface area contributed by atoms with Gasteiger partial charge in [-0.15, -0.1) is 0 Å². The Kier molecular flexibility index (Phi) is 5.71. The Hall–Kier alpha value is -2.93. The highest BCUT2D eigenvalue weighted by Gasteiger charge is 2.46. The van der Waals surface area contributed by atoms with Gasteiger partial charge in [-0.3, -0.25) is 4.79 Å². The van der Waals surface area contributed by atoms with Crippen LogP contribution in [0.5, 0.6) is 23.0 Å². The van der Waals surface area contributed by atoms with E-state index in [4.69, 9.17) is 14.2 Å². The molecule has 2 aliphatic heterocycles. The van der Waals surface area contributed by atoms with Gasteiger partial charge in [-0.2, -0.15) is 0 Å². The highest BCUT2D eigenvalue weighted by Crippen LogP contribution is 2.44. The van der Waals surface area contributed by atoms with Crippen LogP contribution in [0.1, 0.15) is 22.3 Å². The molecule has 0 spiro atoms. The summed E-state index contributed by atoms with van der Waals surface area (Å²) in [6.45, 7) is -0.676. The molecular formula is C21H22O11. The molecule has 0 aromatic heterocycles. The number of hydrogen-bond donors (Lipinski definition) is 7. The van der Waals surface area contributed by atoms with Crippen molar-refractivity contribution in [3.8, 4) is 23.0 Å². The Balaban J connectivity index is 1.67. The summed E-state index contributed by atoms with van der Waals surface area (Å²) in [7, 11) is 0. The van der Waals surface area contributed by atoms with E-state index in [1.54, 1.807) is 0 Å². The molecule has 0 amide bonds. The van der Waals surface area contributed by atoms with Gasteiger partial charge in [0.25, 0.3) is 0 Å². The molecule has 32 heavy (non-hydrogen) atoms. The van der Waals surface area contributed by atoms with Gasteiger partial charge < -0.3 is 50.0 Å². The predicted octanol–water partition coefficient (Wildman–Crippen LogP) is -0.913. The van der Waals surface area contributed by atoms with E-state index in [-0.39, 0.29) is 28.4 Å². The monoisotopic (exact) mass is 450 g/mol. The van der Waals surface area contributed by atoms with Crippen LogP contribution < -0.4 is 9.47 Å². The zero-order valence-electron chi connectivity index (χ0n) is 16.5. The van der Waals surface area contributed by atoms with Gasteiger partial charge in [0.1, 0.15) is 53.0 Å². The van der Waals surface area contributed by atoms with Crippen LogP contribution in [0.4, 0.5) is 0 Å². The minimum atomic E-state index is -2.08. The van der Waals surface area contributed by atoms with E-state index < -0.39 is 61.1 Å². The lowest BCUT2D eigenvalue weighted by atomic mass is 9.92. The highest BCUT2D eigenvalue weighted by molar-refractivity contribution is 6.03. The molecule has 7 N–H and O–H groups in total. The average Bonchev–Trinajstić information content (AvgIpc) is 2.73. The summed E-state index contributed by atoms with van der Waals surface area (Å²) in [4.78, 5) is 12.9.